The number of hydrogen-bond donors (Lipinski definition) is 1. The average Bonchev–Trinajstić information content (AvgIpc) is 2.38. The van der Waals surface area contributed by atoms with Crippen molar-refractivity contribution in [3.8, 4) is 0 Å². The van der Waals surface area contributed by atoms with Crippen LogP contribution in [-0.4, -0.2) is 29.9 Å². The van der Waals surface area contributed by atoms with E-state index >= 15 is 0 Å². The number of carbonyl (C=O) groups excluding carboxylic acids is 1. The van der Waals surface area contributed by atoms with Gasteiger partial charge in [-0.25, -0.2) is 0 Å². The van der Waals surface area contributed by atoms with Gasteiger partial charge in [0.15, 0.2) is 0 Å². The predicted octanol–water partition coefficient (Wildman–Crippen LogP) is 1.74. The molecule has 1 aromatic rings. The summed E-state index contributed by atoms with van der Waals surface area (Å²) < 4.78 is 0. The molecule has 0 saturated carbocycles. The van der Waals surface area contributed by atoms with Gasteiger partial charge < -0.3 is 10.6 Å². The summed E-state index contributed by atoms with van der Waals surface area (Å²) >= 11 is 0. The van der Waals surface area contributed by atoms with Crippen molar-refractivity contribution in [2.45, 2.75) is 31.7 Å². The Morgan fingerprint density at radius 2 is 2.06 bits per heavy atom. The van der Waals surface area contributed by atoms with E-state index in [4.69, 9.17) is 5.73 Å². The largest absolute Gasteiger partial charge is 0.341 e. The molecule has 2 atom stereocenters. The number of amides is 1. The fraction of sp³-hybridized carbons (Fsp3) is 0.500. The van der Waals surface area contributed by atoms with Gasteiger partial charge in [-0.15, -0.1) is 0 Å². The van der Waals surface area contributed by atoms with Crippen molar-refractivity contribution >= 4 is 5.91 Å². The highest BCUT2D eigenvalue weighted by atomic mass is 16.2. The number of likely N-dealkylation sites (tertiary alicyclic amines) is 1. The zero-order chi connectivity index (χ0) is 12.3. The van der Waals surface area contributed by atoms with E-state index in [1.54, 1.807) is 0 Å². The second-order valence-electron chi connectivity index (χ2n) is 4.76. The zero-order valence-electron chi connectivity index (χ0n) is 10.3. The maximum absolute atomic E-state index is 11.8. The normalized spacial score (nSPS) is 24.7. The lowest BCUT2D eigenvalue weighted by molar-refractivity contribution is -0.132. The molecule has 2 N–H and O–H groups in total. The molecule has 0 aliphatic carbocycles. The molecule has 0 radical (unpaired) electrons. The highest BCUT2D eigenvalue weighted by Gasteiger charge is 2.28. The molecule has 17 heavy (non-hydrogen) atoms. The van der Waals surface area contributed by atoms with Crippen LogP contribution in [0.2, 0.25) is 0 Å². The quantitative estimate of drug-likeness (QED) is 0.844. The van der Waals surface area contributed by atoms with Gasteiger partial charge in [0, 0.05) is 31.5 Å². The smallest absolute Gasteiger partial charge is 0.222 e. The number of rotatable bonds is 2. The summed E-state index contributed by atoms with van der Waals surface area (Å²) in [5, 5.41) is 0. The van der Waals surface area contributed by atoms with Gasteiger partial charge in [-0.1, -0.05) is 37.3 Å². The van der Waals surface area contributed by atoms with Crippen LogP contribution in [0.4, 0.5) is 0 Å². The van der Waals surface area contributed by atoms with E-state index in [-0.39, 0.29) is 11.9 Å². The second-order valence-corrected chi connectivity index (χ2v) is 4.76. The number of benzene rings is 1. The Morgan fingerprint density at radius 3 is 2.71 bits per heavy atom. The van der Waals surface area contributed by atoms with Gasteiger partial charge in [0.2, 0.25) is 5.91 Å². The van der Waals surface area contributed by atoms with Gasteiger partial charge >= 0.3 is 0 Å². The van der Waals surface area contributed by atoms with Crippen LogP contribution in [0, 0.1) is 0 Å². The predicted molar refractivity (Wildman–Crippen MR) is 68.6 cm³/mol. The Bertz CT molecular complexity index is 377. The highest BCUT2D eigenvalue weighted by Crippen LogP contribution is 2.26. The molecule has 2 unspecified atom stereocenters. The van der Waals surface area contributed by atoms with Gasteiger partial charge in [-0.2, -0.15) is 0 Å². The topological polar surface area (TPSA) is 46.3 Å². The summed E-state index contributed by atoms with van der Waals surface area (Å²) in [5.74, 6) is 0.594. The van der Waals surface area contributed by atoms with Gasteiger partial charge in [0.25, 0.3) is 0 Å². The Labute approximate surface area is 103 Å². The third kappa shape index (κ3) is 2.86. The van der Waals surface area contributed by atoms with Crippen LogP contribution < -0.4 is 5.73 Å². The molecular formula is C14H20N2O. The maximum Gasteiger partial charge on any atom is 0.222 e. The van der Waals surface area contributed by atoms with Crippen LogP contribution in [0.3, 0.4) is 0 Å². The maximum atomic E-state index is 11.8. The van der Waals surface area contributed by atoms with Crippen molar-refractivity contribution in [3.05, 3.63) is 35.9 Å². The summed E-state index contributed by atoms with van der Waals surface area (Å²) in [4.78, 5) is 13.7. The minimum absolute atomic E-state index is 0.101. The molecule has 1 aliphatic heterocycles. The molecule has 1 fully saturated rings. The third-order valence-electron chi connectivity index (χ3n) is 3.41. The molecule has 0 bridgehead atoms. The standard InChI is InChI=1S/C14H20N2O/c1-2-14(17)16-9-12(8-13(15)10-16)11-6-4-3-5-7-11/h3-7,12-13H,2,8-10,15H2,1H3. The van der Waals surface area contributed by atoms with Crippen molar-refractivity contribution in [1.29, 1.82) is 0 Å². The summed E-state index contributed by atoms with van der Waals surface area (Å²) in [5.41, 5.74) is 7.34. The van der Waals surface area contributed by atoms with E-state index in [9.17, 15) is 4.79 Å². The summed E-state index contributed by atoms with van der Waals surface area (Å²) in [6, 6.07) is 10.4. The third-order valence-corrected chi connectivity index (χ3v) is 3.41. The number of nitrogens with two attached hydrogens (primary N) is 1. The first kappa shape index (κ1) is 12.1. The molecule has 92 valence electrons. The zero-order valence-corrected chi connectivity index (χ0v) is 10.3. The molecule has 1 heterocycles. The van der Waals surface area contributed by atoms with Gasteiger partial charge in [0.05, 0.1) is 0 Å². The Hall–Kier alpha value is -1.35. The molecule has 1 aromatic carbocycles. The van der Waals surface area contributed by atoms with E-state index in [1.165, 1.54) is 5.56 Å². The summed E-state index contributed by atoms with van der Waals surface area (Å²) in [6.07, 6.45) is 1.53. The van der Waals surface area contributed by atoms with E-state index < -0.39 is 0 Å². The Balaban J connectivity index is 2.11. The van der Waals surface area contributed by atoms with Crippen LogP contribution in [0.1, 0.15) is 31.2 Å². The molecule has 3 nitrogen and oxygen atoms in total. The average molecular weight is 232 g/mol. The van der Waals surface area contributed by atoms with Crippen LogP contribution in [-0.2, 0) is 4.79 Å². The van der Waals surface area contributed by atoms with Crippen molar-refractivity contribution in [2.24, 2.45) is 5.73 Å². The number of hydrogen-bond acceptors (Lipinski definition) is 2. The second kappa shape index (κ2) is 5.32. The molecular weight excluding hydrogens is 212 g/mol. The minimum Gasteiger partial charge on any atom is -0.341 e. The van der Waals surface area contributed by atoms with Crippen LogP contribution >= 0.6 is 0 Å². The minimum atomic E-state index is 0.101. The molecule has 2 rings (SSSR count). The fourth-order valence-corrected chi connectivity index (χ4v) is 2.53. The van der Waals surface area contributed by atoms with E-state index in [0.717, 1.165) is 13.0 Å². The molecule has 0 spiro atoms. The molecule has 3 heteroatoms. The highest BCUT2D eigenvalue weighted by molar-refractivity contribution is 5.76. The first-order chi connectivity index (χ1) is 8.20. The van der Waals surface area contributed by atoms with E-state index in [1.807, 2.05) is 30.0 Å². The summed E-state index contributed by atoms with van der Waals surface area (Å²) in [7, 11) is 0. The van der Waals surface area contributed by atoms with Gasteiger partial charge in [-0.05, 0) is 12.0 Å². The van der Waals surface area contributed by atoms with Crippen molar-refractivity contribution in [2.75, 3.05) is 13.1 Å². The Kier molecular flexibility index (Phi) is 3.79. The van der Waals surface area contributed by atoms with Crippen molar-refractivity contribution in [1.82, 2.24) is 4.90 Å². The van der Waals surface area contributed by atoms with Crippen molar-refractivity contribution < 1.29 is 4.79 Å². The monoisotopic (exact) mass is 232 g/mol. The molecule has 0 aromatic heterocycles. The summed E-state index contributed by atoms with van der Waals surface area (Å²) in [6.45, 7) is 3.42. The fourth-order valence-electron chi connectivity index (χ4n) is 2.53. The van der Waals surface area contributed by atoms with E-state index in [0.29, 0.717) is 18.9 Å². The van der Waals surface area contributed by atoms with Crippen LogP contribution in [0.25, 0.3) is 0 Å². The van der Waals surface area contributed by atoms with E-state index in [2.05, 4.69) is 12.1 Å². The first-order valence-electron chi connectivity index (χ1n) is 6.29. The van der Waals surface area contributed by atoms with Gasteiger partial charge in [-0.3, -0.25) is 4.79 Å². The Morgan fingerprint density at radius 1 is 1.35 bits per heavy atom. The van der Waals surface area contributed by atoms with Gasteiger partial charge in [0.1, 0.15) is 0 Å². The molecule has 1 aliphatic rings. The lowest BCUT2D eigenvalue weighted by Crippen LogP contribution is -2.48. The first-order valence-corrected chi connectivity index (χ1v) is 6.29. The lowest BCUT2D eigenvalue weighted by atomic mass is 9.88. The SMILES string of the molecule is CCC(=O)N1CC(N)CC(c2ccccc2)C1. The molecule has 1 saturated heterocycles. The van der Waals surface area contributed by atoms with Crippen molar-refractivity contribution in [3.63, 3.8) is 0 Å². The molecule has 1 amide bonds. The van der Waals surface area contributed by atoms with Crippen LogP contribution in [0.15, 0.2) is 30.3 Å². The van der Waals surface area contributed by atoms with Crippen LogP contribution in [0.5, 0.6) is 0 Å². The number of nitrogens with zero attached hydrogens (tertiary/aromatic N) is 1. The lowest BCUT2D eigenvalue weighted by Gasteiger charge is -2.36. The number of carbonyl (C=O) groups is 1. The number of piperidine rings is 1.